The predicted molar refractivity (Wildman–Crippen MR) is 70.2 cm³/mol. The maximum Gasteiger partial charge on any atom is 0.406 e. The highest BCUT2D eigenvalue weighted by Crippen LogP contribution is 2.20. The number of nitrogens with zero attached hydrogens (tertiary/aromatic N) is 1. The van der Waals surface area contributed by atoms with Crippen LogP contribution in [0.1, 0.15) is 13.8 Å². The van der Waals surface area contributed by atoms with E-state index in [2.05, 4.69) is 13.9 Å². The summed E-state index contributed by atoms with van der Waals surface area (Å²) in [6, 6.07) is 2.63. The molecule has 1 aromatic heterocycles. The van der Waals surface area contributed by atoms with E-state index in [9.17, 15) is 30.0 Å². The molecule has 0 fully saturated rings. The molecule has 12 heteroatoms. The van der Waals surface area contributed by atoms with E-state index in [1.807, 2.05) is 0 Å². The molecule has 22 heavy (non-hydrogen) atoms. The van der Waals surface area contributed by atoms with Gasteiger partial charge in [-0.1, -0.05) is 6.07 Å². The summed E-state index contributed by atoms with van der Waals surface area (Å²) in [4.78, 5) is 3.39. The zero-order valence-corrected chi connectivity index (χ0v) is 13.1. The number of nitrogens with one attached hydrogen (secondary N) is 1. The summed E-state index contributed by atoms with van der Waals surface area (Å²) < 4.78 is 88.7. The van der Waals surface area contributed by atoms with Gasteiger partial charge in [-0.2, -0.15) is 26.6 Å². The van der Waals surface area contributed by atoms with Gasteiger partial charge in [-0.15, -0.1) is 0 Å². The van der Waals surface area contributed by atoms with E-state index < -0.39 is 49.0 Å². The number of hydrogen-bond acceptors (Lipinski definition) is 6. The maximum absolute atomic E-state index is 12.1. The molecule has 0 aliphatic carbocycles. The van der Waals surface area contributed by atoms with Crippen molar-refractivity contribution in [2.24, 2.45) is 0 Å². The zero-order valence-electron chi connectivity index (χ0n) is 11.5. The van der Waals surface area contributed by atoms with Crippen LogP contribution in [-0.2, 0) is 20.1 Å². The van der Waals surface area contributed by atoms with Crippen molar-refractivity contribution >= 4 is 20.1 Å². The molecule has 1 aromatic rings. The van der Waals surface area contributed by atoms with Gasteiger partial charge in [-0.05, 0) is 19.9 Å². The van der Waals surface area contributed by atoms with E-state index in [-0.39, 0.29) is 0 Å². The Labute approximate surface area is 125 Å². The highest BCUT2D eigenvalue weighted by atomic mass is 32.2. The van der Waals surface area contributed by atoms with Crippen LogP contribution in [-0.4, -0.2) is 39.8 Å². The number of hydrogen-bond donors (Lipinski definition) is 1. The highest BCUT2D eigenvalue weighted by molar-refractivity contribution is 7.89. The van der Waals surface area contributed by atoms with Crippen LogP contribution in [0.25, 0.3) is 0 Å². The molecular formula is C10H13F3N2O5S2. The van der Waals surface area contributed by atoms with Crippen LogP contribution in [0.15, 0.2) is 23.2 Å². The second-order valence-electron chi connectivity index (χ2n) is 4.49. The molecule has 0 aliphatic heterocycles. The molecule has 0 saturated carbocycles. The largest absolute Gasteiger partial charge is 0.406 e. The van der Waals surface area contributed by atoms with Crippen molar-refractivity contribution < 1.29 is 34.2 Å². The van der Waals surface area contributed by atoms with Crippen LogP contribution in [0.2, 0.25) is 0 Å². The van der Waals surface area contributed by atoms with Crippen LogP contribution < -0.4 is 8.91 Å². The molecule has 1 rings (SSSR count). The molecule has 0 saturated heterocycles. The van der Waals surface area contributed by atoms with Crippen molar-refractivity contribution in [1.29, 1.82) is 0 Å². The molecule has 0 aromatic carbocycles. The third-order valence-corrected chi connectivity index (χ3v) is 4.58. The van der Waals surface area contributed by atoms with Gasteiger partial charge >= 0.3 is 16.3 Å². The Balaban J connectivity index is 3.04. The van der Waals surface area contributed by atoms with Gasteiger partial charge in [0.05, 0.1) is 0 Å². The number of aromatic nitrogens is 1. The van der Waals surface area contributed by atoms with Gasteiger partial charge in [0.25, 0.3) is 10.0 Å². The SMILES string of the molecule is CC(C)NS(=O)(=O)c1cccc(OS(=O)(=O)CC(F)(F)F)n1. The summed E-state index contributed by atoms with van der Waals surface area (Å²) in [7, 11) is -9.01. The summed E-state index contributed by atoms with van der Waals surface area (Å²) in [5.41, 5.74) is 0. The second kappa shape index (κ2) is 6.38. The molecule has 1 heterocycles. The molecule has 0 radical (unpaired) electrons. The van der Waals surface area contributed by atoms with Crippen molar-refractivity contribution in [3.8, 4) is 5.88 Å². The summed E-state index contributed by atoms with van der Waals surface area (Å²) >= 11 is 0. The van der Waals surface area contributed by atoms with Crippen molar-refractivity contribution in [1.82, 2.24) is 9.71 Å². The highest BCUT2D eigenvalue weighted by Gasteiger charge is 2.36. The first-order chi connectivity index (χ1) is 9.81. The van der Waals surface area contributed by atoms with E-state index in [0.717, 1.165) is 18.2 Å². The Morgan fingerprint density at radius 3 is 2.32 bits per heavy atom. The van der Waals surface area contributed by atoms with E-state index in [4.69, 9.17) is 0 Å². The average molecular weight is 362 g/mol. The van der Waals surface area contributed by atoms with Gasteiger partial charge in [0, 0.05) is 12.1 Å². The van der Waals surface area contributed by atoms with Crippen molar-refractivity contribution in [2.45, 2.75) is 31.1 Å². The van der Waals surface area contributed by atoms with E-state index in [0.29, 0.717) is 0 Å². The van der Waals surface area contributed by atoms with E-state index in [1.165, 1.54) is 0 Å². The van der Waals surface area contributed by atoms with Crippen LogP contribution in [0.5, 0.6) is 5.88 Å². The van der Waals surface area contributed by atoms with Gasteiger partial charge in [-0.25, -0.2) is 13.1 Å². The molecule has 0 bridgehead atoms. The minimum atomic E-state index is -4.98. The van der Waals surface area contributed by atoms with Crippen LogP contribution in [0.3, 0.4) is 0 Å². The second-order valence-corrected chi connectivity index (χ2v) is 7.72. The smallest absolute Gasteiger partial charge is 0.361 e. The Morgan fingerprint density at radius 2 is 1.82 bits per heavy atom. The Morgan fingerprint density at radius 1 is 1.23 bits per heavy atom. The average Bonchev–Trinajstić information content (AvgIpc) is 2.23. The Bertz CT molecular complexity index is 729. The van der Waals surface area contributed by atoms with Gasteiger partial charge < -0.3 is 4.18 Å². The van der Waals surface area contributed by atoms with Gasteiger partial charge in [0.15, 0.2) is 10.8 Å². The maximum atomic E-state index is 12.1. The summed E-state index contributed by atoms with van der Waals surface area (Å²) in [6.45, 7) is 3.09. The number of sulfonamides is 1. The van der Waals surface area contributed by atoms with Crippen molar-refractivity contribution in [3.05, 3.63) is 18.2 Å². The minimum Gasteiger partial charge on any atom is -0.361 e. The van der Waals surface area contributed by atoms with Gasteiger partial charge in [-0.3, -0.25) is 0 Å². The molecule has 0 atom stereocenters. The Hall–Kier alpha value is -1.40. The number of alkyl halides is 3. The fourth-order valence-electron chi connectivity index (χ4n) is 1.32. The zero-order chi connectivity index (χ0) is 17.2. The first kappa shape index (κ1) is 18.6. The van der Waals surface area contributed by atoms with Crippen LogP contribution >= 0.6 is 0 Å². The molecule has 0 amide bonds. The van der Waals surface area contributed by atoms with Gasteiger partial charge in [0.1, 0.15) is 0 Å². The molecule has 0 aliphatic rings. The molecule has 1 N–H and O–H groups in total. The predicted octanol–water partition coefficient (Wildman–Crippen LogP) is 1.04. The van der Waals surface area contributed by atoms with Crippen LogP contribution in [0.4, 0.5) is 13.2 Å². The molecule has 0 spiro atoms. The lowest BCUT2D eigenvalue weighted by Gasteiger charge is -2.11. The van der Waals surface area contributed by atoms with E-state index in [1.54, 1.807) is 13.8 Å². The van der Waals surface area contributed by atoms with Crippen molar-refractivity contribution in [3.63, 3.8) is 0 Å². The Kier molecular flexibility index (Phi) is 5.41. The first-order valence-corrected chi connectivity index (χ1v) is 8.85. The number of halogens is 3. The number of pyridine rings is 1. The molecular weight excluding hydrogens is 349 g/mol. The third kappa shape index (κ3) is 6.15. The molecule has 0 unspecified atom stereocenters. The standard InChI is InChI=1S/C10H13F3N2O5S2/c1-7(2)15-22(18,19)9-5-3-4-8(14-9)20-21(16,17)6-10(11,12)13/h3-5,7,15H,6H2,1-2H3. The summed E-state index contributed by atoms with van der Waals surface area (Å²) in [6.07, 6.45) is -4.98. The quantitative estimate of drug-likeness (QED) is 0.759. The lowest BCUT2D eigenvalue weighted by molar-refractivity contribution is -0.107. The normalized spacial score (nSPS) is 13.4. The third-order valence-electron chi connectivity index (χ3n) is 1.92. The molecule has 126 valence electrons. The topological polar surface area (TPSA) is 102 Å². The van der Waals surface area contributed by atoms with Crippen LogP contribution in [0, 0.1) is 0 Å². The van der Waals surface area contributed by atoms with Gasteiger partial charge in [0.2, 0.25) is 5.88 Å². The fraction of sp³-hybridized carbons (Fsp3) is 0.500. The lowest BCUT2D eigenvalue weighted by atomic mass is 10.4. The fourth-order valence-corrected chi connectivity index (χ4v) is 3.34. The van der Waals surface area contributed by atoms with Crippen molar-refractivity contribution in [2.75, 3.05) is 5.75 Å². The summed E-state index contributed by atoms with van der Waals surface area (Å²) in [5.74, 6) is -2.97. The first-order valence-electron chi connectivity index (χ1n) is 5.79. The summed E-state index contributed by atoms with van der Waals surface area (Å²) in [5, 5.41) is -0.569. The molecule has 7 nitrogen and oxygen atoms in total. The minimum absolute atomic E-state index is 0.453. The van der Waals surface area contributed by atoms with E-state index >= 15 is 0 Å². The monoisotopic (exact) mass is 362 g/mol. The number of rotatable bonds is 6. The lowest BCUT2D eigenvalue weighted by Crippen LogP contribution is -2.31.